The number of carbonyl (C=O) groups is 1. The van der Waals surface area contributed by atoms with Crippen molar-refractivity contribution < 1.29 is 32.3 Å². The molecular weight excluding hydrogens is 270 g/mol. The van der Waals surface area contributed by atoms with Crippen molar-refractivity contribution in [1.82, 2.24) is 0 Å². The van der Waals surface area contributed by atoms with Crippen molar-refractivity contribution in [3.05, 3.63) is 35.1 Å². The van der Waals surface area contributed by atoms with E-state index in [1.165, 1.54) is 0 Å². The maximum Gasteiger partial charge on any atom is 0.419 e. The molecule has 0 bridgehead atoms. The van der Waals surface area contributed by atoms with Gasteiger partial charge in [-0.1, -0.05) is 11.2 Å². The zero-order valence-corrected chi connectivity index (χ0v) is 9.24. The molecule has 1 N–H and O–H groups in total. The first-order valence-corrected chi connectivity index (χ1v) is 5.11. The minimum Gasteiger partial charge on any atom is -0.478 e. The van der Waals surface area contributed by atoms with Crippen LogP contribution in [-0.4, -0.2) is 22.9 Å². The smallest absolute Gasteiger partial charge is 0.419 e. The van der Waals surface area contributed by atoms with Crippen LogP contribution in [0.25, 0.3) is 0 Å². The van der Waals surface area contributed by atoms with Gasteiger partial charge in [-0.2, -0.15) is 13.2 Å². The zero-order valence-electron chi connectivity index (χ0n) is 9.24. The van der Waals surface area contributed by atoms with E-state index in [0.717, 1.165) is 6.07 Å². The quantitative estimate of drug-likeness (QED) is 0.844. The average molecular weight is 277 g/mol. The van der Waals surface area contributed by atoms with Gasteiger partial charge < -0.3 is 9.94 Å². The Morgan fingerprint density at radius 3 is 2.63 bits per heavy atom. The van der Waals surface area contributed by atoms with E-state index in [9.17, 15) is 22.4 Å². The molecule has 0 amide bonds. The Morgan fingerprint density at radius 2 is 2.11 bits per heavy atom. The van der Waals surface area contributed by atoms with Gasteiger partial charge in [-0.05, 0) is 12.1 Å². The van der Waals surface area contributed by atoms with Crippen LogP contribution in [0, 0.1) is 5.82 Å². The van der Waals surface area contributed by atoms with E-state index >= 15 is 0 Å². The number of hydrogen-bond donors (Lipinski definition) is 1. The minimum atomic E-state index is -4.83. The van der Waals surface area contributed by atoms with E-state index in [-0.39, 0.29) is 17.7 Å². The van der Waals surface area contributed by atoms with Crippen molar-refractivity contribution in [3.8, 4) is 0 Å². The number of rotatable bonds is 2. The van der Waals surface area contributed by atoms with Crippen molar-refractivity contribution >= 4 is 11.7 Å². The van der Waals surface area contributed by atoms with Crippen molar-refractivity contribution in [3.63, 3.8) is 0 Å². The molecule has 0 aromatic heterocycles. The summed E-state index contributed by atoms with van der Waals surface area (Å²) in [5.41, 5.74) is -1.40. The maximum atomic E-state index is 13.1. The SMILES string of the molecule is O=C(O)C1CC(c2ccc(F)c(C(F)(F)F)c2)=NO1. The van der Waals surface area contributed by atoms with Crippen molar-refractivity contribution in [1.29, 1.82) is 0 Å². The Kier molecular flexibility index (Phi) is 3.17. The van der Waals surface area contributed by atoms with Gasteiger partial charge in [0, 0.05) is 12.0 Å². The highest BCUT2D eigenvalue weighted by Gasteiger charge is 2.35. The summed E-state index contributed by atoms with van der Waals surface area (Å²) in [4.78, 5) is 15.2. The summed E-state index contributed by atoms with van der Waals surface area (Å²) in [6, 6.07) is 2.34. The molecule has 0 saturated carbocycles. The van der Waals surface area contributed by atoms with E-state index in [1.807, 2.05) is 0 Å². The molecule has 0 aliphatic carbocycles. The predicted molar refractivity (Wildman–Crippen MR) is 55.1 cm³/mol. The summed E-state index contributed by atoms with van der Waals surface area (Å²) >= 11 is 0. The fourth-order valence-electron chi connectivity index (χ4n) is 1.60. The van der Waals surface area contributed by atoms with Crippen molar-refractivity contribution in [2.24, 2.45) is 5.16 Å². The van der Waals surface area contributed by atoms with E-state index in [4.69, 9.17) is 5.11 Å². The van der Waals surface area contributed by atoms with Crippen LogP contribution >= 0.6 is 0 Å². The van der Waals surface area contributed by atoms with Gasteiger partial charge in [0.1, 0.15) is 5.82 Å². The minimum absolute atomic E-state index is 0.0162. The second-order valence-electron chi connectivity index (χ2n) is 3.87. The standard InChI is InChI=1S/C11H7F4NO3/c12-7-2-1-5(3-6(7)11(13,14)15)8-4-9(10(17)18)19-16-8/h1-3,9H,4H2,(H,17,18). The first-order valence-electron chi connectivity index (χ1n) is 5.11. The summed E-state index contributed by atoms with van der Waals surface area (Å²) < 4.78 is 50.6. The number of carboxylic acid groups (broad SMARTS) is 1. The largest absolute Gasteiger partial charge is 0.478 e. The third-order valence-electron chi connectivity index (χ3n) is 2.55. The van der Waals surface area contributed by atoms with Crippen LogP contribution in [0.1, 0.15) is 17.5 Å². The summed E-state index contributed by atoms with van der Waals surface area (Å²) in [7, 11) is 0. The van der Waals surface area contributed by atoms with Gasteiger partial charge in [-0.25, -0.2) is 9.18 Å². The molecule has 4 nitrogen and oxygen atoms in total. The fraction of sp³-hybridized carbons (Fsp3) is 0.273. The third-order valence-corrected chi connectivity index (χ3v) is 2.55. The molecule has 0 spiro atoms. The number of nitrogens with zero attached hydrogens (tertiary/aromatic N) is 1. The fourth-order valence-corrected chi connectivity index (χ4v) is 1.60. The molecule has 1 aromatic rings. The van der Waals surface area contributed by atoms with Crippen molar-refractivity contribution in [2.45, 2.75) is 18.7 Å². The molecule has 1 aromatic carbocycles. The highest BCUT2D eigenvalue weighted by Crippen LogP contribution is 2.32. The molecule has 2 rings (SSSR count). The van der Waals surface area contributed by atoms with Gasteiger partial charge in [0.25, 0.3) is 0 Å². The van der Waals surface area contributed by atoms with Crippen LogP contribution in [0.5, 0.6) is 0 Å². The highest BCUT2D eigenvalue weighted by atomic mass is 19.4. The second kappa shape index (κ2) is 4.52. The van der Waals surface area contributed by atoms with E-state index in [0.29, 0.717) is 12.1 Å². The van der Waals surface area contributed by atoms with Crippen molar-refractivity contribution in [2.75, 3.05) is 0 Å². The lowest BCUT2D eigenvalue weighted by atomic mass is 10.0. The Hall–Kier alpha value is -2.12. The van der Waals surface area contributed by atoms with E-state index in [1.54, 1.807) is 0 Å². The second-order valence-corrected chi connectivity index (χ2v) is 3.87. The molecule has 1 atom stereocenters. The Bertz CT molecular complexity index is 553. The Morgan fingerprint density at radius 1 is 1.42 bits per heavy atom. The topological polar surface area (TPSA) is 58.9 Å². The third kappa shape index (κ3) is 2.67. The van der Waals surface area contributed by atoms with Crippen LogP contribution in [0.3, 0.4) is 0 Å². The van der Waals surface area contributed by atoms with Crippen LogP contribution in [0.2, 0.25) is 0 Å². The van der Waals surface area contributed by atoms with Gasteiger partial charge in [-0.3, -0.25) is 0 Å². The van der Waals surface area contributed by atoms with Gasteiger partial charge in [0.15, 0.2) is 0 Å². The average Bonchev–Trinajstić information content (AvgIpc) is 2.77. The number of carboxylic acids is 1. The summed E-state index contributed by atoms with van der Waals surface area (Å²) in [5, 5.41) is 12.1. The zero-order chi connectivity index (χ0) is 14.2. The predicted octanol–water partition coefficient (Wildman–Crippen LogP) is 2.42. The number of alkyl halides is 3. The Labute approximate surface area is 104 Å². The lowest BCUT2D eigenvalue weighted by Gasteiger charge is -2.09. The number of benzene rings is 1. The van der Waals surface area contributed by atoms with Gasteiger partial charge in [-0.15, -0.1) is 0 Å². The number of aliphatic carboxylic acids is 1. The van der Waals surface area contributed by atoms with Gasteiger partial charge >= 0.3 is 12.1 Å². The number of halogens is 4. The number of oxime groups is 1. The van der Waals surface area contributed by atoms with Crippen LogP contribution in [0.4, 0.5) is 17.6 Å². The maximum absolute atomic E-state index is 13.1. The monoisotopic (exact) mass is 277 g/mol. The van der Waals surface area contributed by atoms with Crippen LogP contribution < -0.4 is 0 Å². The molecular formula is C11H7F4NO3. The lowest BCUT2D eigenvalue weighted by Crippen LogP contribution is -2.20. The molecule has 8 heteroatoms. The molecule has 1 aliphatic rings. The molecule has 1 aliphatic heterocycles. The summed E-state index contributed by atoms with van der Waals surface area (Å²) in [5.74, 6) is -2.66. The highest BCUT2D eigenvalue weighted by molar-refractivity contribution is 6.03. The normalized spacial score (nSPS) is 18.9. The molecule has 0 fully saturated rings. The summed E-state index contributed by atoms with van der Waals surface area (Å²) in [6.45, 7) is 0. The first kappa shape index (κ1) is 13.3. The molecule has 102 valence electrons. The van der Waals surface area contributed by atoms with E-state index < -0.39 is 29.6 Å². The summed E-state index contributed by atoms with van der Waals surface area (Å²) in [6.07, 6.45) is -6.22. The first-order chi connectivity index (χ1) is 8.79. The van der Waals surface area contributed by atoms with E-state index in [2.05, 4.69) is 9.99 Å². The number of hydrogen-bond acceptors (Lipinski definition) is 3. The molecule has 0 radical (unpaired) electrons. The molecule has 19 heavy (non-hydrogen) atoms. The van der Waals surface area contributed by atoms with Crippen LogP contribution in [0.15, 0.2) is 23.4 Å². The Balaban J connectivity index is 2.31. The van der Waals surface area contributed by atoms with Crippen LogP contribution in [-0.2, 0) is 15.8 Å². The molecule has 1 heterocycles. The van der Waals surface area contributed by atoms with Gasteiger partial charge in [0.05, 0.1) is 11.3 Å². The molecule has 1 unspecified atom stereocenters. The molecule has 0 saturated heterocycles. The van der Waals surface area contributed by atoms with Gasteiger partial charge in [0.2, 0.25) is 6.10 Å². The lowest BCUT2D eigenvalue weighted by molar-refractivity contribution is -0.148.